The van der Waals surface area contributed by atoms with E-state index in [0.29, 0.717) is 35.3 Å². The van der Waals surface area contributed by atoms with Gasteiger partial charge in [0.25, 0.3) is 11.8 Å². The molecule has 1 saturated heterocycles. The lowest BCUT2D eigenvalue weighted by atomic mass is 10.1. The highest BCUT2D eigenvalue weighted by Crippen LogP contribution is 2.36. The van der Waals surface area contributed by atoms with Gasteiger partial charge in [0.15, 0.2) is 11.5 Å². The predicted octanol–water partition coefficient (Wildman–Crippen LogP) is 5.90. The molecule has 0 unspecified atom stereocenters. The van der Waals surface area contributed by atoms with Crippen LogP contribution in [0.25, 0.3) is 6.08 Å². The van der Waals surface area contributed by atoms with Gasteiger partial charge in [0, 0.05) is 5.02 Å². The molecule has 7 nitrogen and oxygen atoms in total. The minimum absolute atomic E-state index is 0.193. The minimum atomic E-state index is -0.839. The predicted molar refractivity (Wildman–Crippen MR) is 146 cm³/mol. The van der Waals surface area contributed by atoms with Crippen LogP contribution in [-0.2, 0) is 16.2 Å². The summed E-state index contributed by atoms with van der Waals surface area (Å²) in [6.07, 6.45) is 1.43. The van der Waals surface area contributed by atoms with Crippen molar-refractivity contribution in [2.24, 2.45) is 0 Å². The average Bonchev–Trinajstić information content (AvgIpc) is 2.82. The molecular formula is C27H22ClIN2O5. The highest BCUT2D eigenvalue weighted by molar-refractivity contribution is 14.1. The second-order valence-electron chi connectivity index (χ2n) is 7.97. The molecule has 0 spiro atoms. The second-order valence-corrected chi connectivity index (χ2v) is 9.57. The number of nitrogens with zero attached hydrogens (tertiary/aromatic N) is 1. The lowest BCUT2D eigenvalue weighted by molar-refractivity contribution is -0.122. The quantitative estimate of drug-likeness (QED) is 0.203. The van der Waals surface area contributed by atoms with E-state index in [0.717, 1.165) is 19.6 Å². The maximum atomic E-state index is 13.2. The molecule has 1 aliphatic rings. The van der Waals surface area contributed by atoms with Gasteiger partial charge in [0.05, 0.1) is 15.9 Å². The van der Waals surface area contributed by atoms with Gasteiger partial charge in [0.1, 0.15) is 12.2 Å². The van der Waals surface area contributed by atoms with Crippen LogP contribution in [0.2, 0.25) is 5.02 Å². The molecule has 1 heterocycles. The number of carbonyl (C=O) groups excluding carboxylic acids is 3. The Balaban J connectivity index is 1.66. The molecule has 184 valence electrons. The molecule has 3 aromatic carbocycles. The lowest BCUT2D eigenvalue weighted by Crippen LogP contribution is -2.54. The van der Waals surface area contributed by atoms with E-state index >= 15 is 0 Å². The summed E-state index contributed by atoms with van der Waals surface area (Å²) in [7, 11) is 0. The molecule has 1 fully saturated rings. The van der Waals surface area contributed by atoms with E-state index in [4.69, 9.17) is 21.1 Å². The smallest absolute Gasteiger partial charge is 0.335 e. The van der Waals surface area contributed by atoms with Crippen LogP contribution in [0, 0.1) is 10.5 Å². The maximum absolute atomic E-state index is 13.2. The monoisotopic (exact) mass is 616 g/mol. The molecule has 0 atom stereocenters. The number of ether oxygens (including phenoxy) is 2. The zero-order valence-electron chi connectivity index (χ0n) is 19.5. The summed E-state index contributed by atoms with van der Waals surface area (Å²) >= 11 is 8.15. The number of hydrogen-bond donors (Lipinski definition) is 1. The summed E-state index contributed by atoms with van der Waals surface area (Å²) in [5.41, 5.74) is 2.79. The highest BCUT2D eigenvalue weighted by atomic mass is 127. The van der Waals surface area contributed by atoms with Crippen molar-refractivity contribution >= 4 is 63.8 Å². The summed E-state index contributed by atoms with van der Waals surface area (Å²) in [4.78, 5) is 39.1. The van der Waals surface area contributed by atoms with E-state index in [-0.39, 0.29) is 11.3 Å². The Bertz CT molecular complexity index is 1370. The Kier molecular flexibility index (Phi) is 7.95. The van der Waals surface area contributed by atoms with Crippen LogP contribution in [0.5, 0.6) is 11.5 Å². The highest BCUT2D eigenvalue weighted by Gasteiger charge is 2.37. The number of carbonyl (C=O) groups is 3. The number of anilines is 1. The van der Waals surface area contributed by atoms with Gasteiger partial charge in [0.2, 0.25) is 0 Å². The van der Waals surface area contributed by atoms with Gasteiger partial charge in [-0.1, -0.05) is 47.5 Å². The first-order chi connectivity index (χ1) is 17.3. The Labute approximate surface area is 227 Å². The molecule has 3 aromatic rings. The van der Waals surface area contributed by atoms with Crippen LogP contribution in [0.1, 0.15) is 23.6 Å². The van der Waals surface area contributed by atoms with E-state index in [2.05, 4.69) is 27.9 Å². The lowest BCUT2D eigenvalue weighted by Gasteiger charge is -2.26. The van der Waals surface area contributed by atoms with Crippen molar-refractivity contribution < 1.29 is 23.9 Å². The molecule has 4 rings (SSSR count). The molecular weight excluding hydrogens is 595 g/mol. The van der Waals surface area contributed by atoms with Gasteiger partial charge in [-0.05, 0) is 84.0 Å². The van der Waals surface area contributed by atoms with E-state index in [1.165, 1.54) is 12.1 Å². The normalized spacial score (nSPS) is 14.7. The molecule has 0 radical (unpaired) electrons. The third kappa shape index (κ3) is 5.71. The van der Waals surface area contributed by atoms with Gasteiger partial charge >= 0.3 is 6.03 Å². The molecule has 0 aliphatic carbocycles. The first-order valence-electron chi connectivity index (χ1n) is 11.1. The number of benzene rings is 3. The van der Waals surface area contributed by atoms with Crippen molar-refractivity contribution in [1.82, 2.24) is 5.32 Å². The van der Waals surface area contributed by atoms with Crippen LogP contribution < -0.4 is 19.7 Å². The van der Waals surface area contributed by atoms with E-state index in [1.54, 1.807) is 30.3 Å². The molecule has 1 aliphatic heterocycles. The van der Waals surface area contributed by atoms with Crippen LogP contribution in [0.4, 0.5) is 10.5 Å². The Morgan fingerprint density at radius 1 is 1.03 bits per heavy atom. The maximum Gasteiger partial charge on any atom is 0.335 e. The molecule has 0 saturated carbocycles. The molecule has 9 heteroatoms. The number of barbiturate groups is 1. The zero-order valence-corrected chi connectivity index (χ0v) is 22.4. The van der Waals surface area contributed by atoms with Crippen molar-refractivity contribution in [3.8, 4) is 11.5 Å². The van der Waals surface area contributed by atoms with Gasteiger partial charge in [-0.25, -0.2) is 9.69 Å². The van der Waals surface area contributed by atoms with Crippen LogP contribution in [0.3, 0.4) is 0 Å². The fraction of sp³-hybridized carbons (Fsp3) is 0.148. The fourth-order valence-electron chi connectivity index (χ4n) is 3.59. The summed E-state index contributed by atoms with van der Waals surface area (Å²) in [6.45, 7) is 4.63. The van der Waals surface area contributed by atoms with Gasteiger partial charge in [-0.3, -0.25) is 14.9 Å². The first-order valence-corrected chi connectivity index (χ1v) is 12.5. The zero-order chi connectivity index (χ0) is 25.8. The van der Waals surface area contributed by atoms with Crippen LogP contribution in [-0.4, -0.2) is 24.5 Å². The molecule has 0 aromatic heterocycles. The Morgan fingerprint density at radius 2 is 1.78 bits per heavy atom. The fourth-order valence-corrected chi connectivity index (χ4v) is 4.55. The van der Waals surface area contributed by atoms with Gasteiger partial charge in [-0.15, -0.1) is 0 Å². The van der Waals surface area contributed by atoms with Gasteiger partial charge in [-0.2, -0.15) is 0 Å². The summed E-state index contributed by atoms with van der Waals surface area (Å²) in [5, 5.41) is 2.57. The number of rotatable bonds is 7. The Morgan fingerprint density at radius 3 is 2.47 bits per heavy atom. The van der Waals surface area contributed by atoms with Crippen molar-refractivity contribution in [2.45, 2.75) is 20.5 Å². The largest absolute Gasteiger partial charge is 0.490 e. The SMILES string of the molecule is CCOc1cc(/C=C2\C(=O)NC(=O)N(c3cccc(Cl)c3)C2=O)cc(I)c1OCc1ccc(C)cc1. The third-order valence-corrected chi connectivity index (χ3v) is 6.35. The average molecular weight is 617 g/mol. The summed E-state index contributed by atoms with van der Waals surface area (Å²) in [6, 6.07) is 17.0. The number of halogens is 2. The van der Waals surface area contributed by atoms with Crippen molar-refractivity contribution in [2.75, 3.05) is 11.5 Å². The minimum Gasteiger partial charge on any atom is -0.490 e. The van der Waals surface area contributed by atoms with Crippen LogP contribution in [0.15, 0.2) is 66.2 Å². The molecule has 36 heavy (non-hydrogen) atoms. The topological polar surface area (TPSA) is 84.9 Å². The number of amides is 4. The number of hydrogen-bond acceptors (Lipinski definition) is 5. The molecule has 0 bridgehead atoms. The Hall–Kier alpha value is -3.37. The van der Waals surface area contributed by atoms with Crippen molar-refractivity contribution in [3.05, 3.63) is 91.5 Å². The summed E-state index contributed by atoms with van der Waals surface area (Å²) in [5.74, 6) is -0.486. The van der Waals surface area contributed by atoms with E-state index in [1.807, 2.05) is 38.1 Å². The number of aryl methyl sites for hydroxylation is 1. The standard InChI is InChI=1S/C27H22ClIN2O5/c1-3-35-23-13-18(12-22(29)24(23)36-15-17-9-7-16(2)8-10-17)11-21-25(32)30-27(34)31(26(21)33)20-6-4-5-19(28)14-20/h4-14H,3,15H2,1-2H3,(H,30,32,34)/b21-11+. The number of urea groups is 1. The molecule has 4 amide bonds. The first kappa shape index (κ1) is 25.7. The number of nitrogens with one attached hydrogen (secondary N) is 1. The van der Waals surface area contributed by atoms with E-state index < -0.39 is 17.8 Å². The second kappa shape index (κ2) is 11.1. The van der Waals surface area contributed by atoms with Crippen molar-refractivity contribution in [1.29, 1.82) is 0 Å². The van der Waals surface area contributed by atoms with Crippen molar-refractivity contribution in [3.63, 3.8) is 0 Å². The van der Waals surface area contributed by atoms with Gasteiger partial charge < -0.3 is 9.47 Å². The van der Waals surface area contributed by atoms with E-state index in [9.17, 15) is 14.4 Å². The third-order valence-electron chi connectivity index (χ3n) is 5.31. The van der Waals surface area contributed by atoms with Crippen LogP contribution >= 0.6 is 34.2 Å². The number of imide groups is 2. The summed E-state index contributed by atoms with van der Waals surface area (Å²) < 4.78 is 12.6. The molecule has 1 N–H and O–H groups in total.